The van der Waals surface area contributed by atoms with Crippen LogP contribution in [0.4, 0.5) is 13.2 Å². The van der Waals surface area contributed by atoms with Crippen LogP contribution in [0, 0.1) is 17.5 Å². The molecule has 0 saturated heterocycles. The summed E-state index contributed by atoms with van der Waals surface area (Å²) in [6, 6.07) is 1.09. The first kappa shape index (κ1) is 14.0. The Hall–Kier alpha value is -1.47. The Morgan fingerprint density at radius 1 is 1.16 bits per heavy atom. The van der Waals surface area contributed by atoms with Crippen LogP contribution < -0.4 is 5.73 Å². The lowest BCUT2D eigenvalue weighted by atomic mass is 10.0. The van der Waals surface area contributed by atoms with E-state index in [0.717, 1.165) is 23.7 Å². The maximum absolute atomic E-state index is 13.7. The molecule has 1 aromatic heterocycles. The minimum Gasteiger partial charge on any atom is -0.319 e. The summed E-state index contributed by atoms with van der Waals surface area (Å²) in [5, 5.41) is 3.93. The predicted octanol–water partition coefficient (Wildman–Crippen LogP) is 3.13. The Bertz CT molecular complexity index is 598. The molecular formula is C12H12F3N3S. The minimum absolute atomic E-state index is 0.0631. The van der Waals surface area contributed by atoms with E-state index < -0.39 is 23.5 Å². The molecule has 0 aliphatic rings. The molecule has 7 heteroatoms. The Balaban J connectivity index is 2.47. The first-order valence-corrected chi connectivity index (χ1v) is 6.42. The van der Waals surface area contributed by atoms with Crippen LogP contribution in [0.3, 0.4) is 0 Å². The highest BCUT2D eigenvalue weighted by Crippen LogP contribution is 2.31. The molecule has 0 saturated carbocycles. The fraction of sp³-hybridized carbons (Fsp3) is 0.333. The number of halogens is 3. The number of nitrogens with zero attached hydrogens (tertiary/aromatic N) is 2. The number of nitrogens with two attached hydrogens (primary N) is 1. The maximum Gasteiger partial charge on any atom is 0.194 e. The third-order valence-corrected chi connectivity index (χ3v) is 3.59. The summed E-state index contributed by atoms with van der Waals surface area (Å²) in [5.41, 5.74) is 6.46. The topological polar surface area (TPSA) is 51.8 Å². The molecule has 19 heavy (non-hydrogen) atoms. The number of rotatable bonds is 3. The van der Waals surface area contributed by atoms with Crippen molar-refractivity contribution in [2.24, 2.45) is 5.73 Å². The van der Waals surface area contributed by atoms with Crippen molar-refractivity contribution >= 4 is 11.5 Å². The van der Waals surface area contributed by atoms with Gasteiger partial charge in [-0.25, -0.2) is 13.2 Å². The standard InChI is InChI=1S/C12H12F3N3S/c1-5(2)11-12(19-18-17-11)10(16)6-3-4-7(13)9(15)8(6)14/h3-5,10H,16H2,1-2H3. The van der Waals surface area contributed by atoms with E-state index in [1.807, 2.05) is 13.8 Å². The van der Waals surface area contributed by atoms with Crippen LogP contribution in [0.2, 0.25) is 0 Å². The van der Waals surface area contributed by atoms with Gasteiger partial charge >= 0.3 is 0 Å². The Labute approximate surface area is 112 Å². The Morgan fingerprint density at radius 2 is 1.84 bits per heavy atom. The minimum atomic E-state index is -1.52. The van der Waals surface area contributed by atoms with E-state index in [9.17, 15) is 13.2 Å². The van der Waals surface area contributed by atoms with Crippen LogP contribution in [0.15, 0.2) is 12.1 Å². The first-order valence-electron chi connectivity index (χ1n) is 5.64. The van der Waals surface area contributed by atoms with Gasteiger partial charge in [0.1, 0.15) is 0 Å². The summed E-state index contributed by atoms with van der Waals surface area (Å²) in [6.45, 7) is 3.79. The molecule has 0 bridgehead atoms. The highest BCUT2D eigenvalue weighted by atomic mass is 32.1. The SMILES string of the molecule is CC(C)c1nnsc1C(N)c1ccc(F)c(F)c1F. The highest BCUT2D eigenvalue weighted by molar-refractivity contribution is 7.05. The van der Waals surface area contributed by atoms with Crippen molar-refractivity contribution in [1.29, 1.82) is 0 Å². The van der Waals surface area contributed by atoms with Gasteiger partial charge in [-0.2, -0.15) is 0 Å². The number of benzene rings is 1. The first-order chi connectivity index (χ1) is 8.93. The quantitative estimate of drug-likeness (QED) is 0.882. The van der Waals surface area contributed by atoms with Gasteiger partial charge in [0.2, 0.25) is 0 Å². The van der Waals surface area contributed by atoms with E-state index in [4.69, 9.17) is 5.73 Å². The van der Waals surface area contributed by atoms with Gasteiger partial charge in [0.25, 0.3) is 0 Å². The summed E-state index contributed by atoms with van der Waals surface area (Å²) in [6.07, 6.45) is 0. The van der Waals surface area contributed by atoms with E-state index in [2.05, 4.69) is 9.59 Å². The second-order valence-corrected chi connectivity index (χ2v) is 5.21. The lowest BCUT2D eigenvalue weighted by molar-refractivity contribution is 0.438. The number of hydrogen-bond donors (Lipinski definition) is 1. The largest absolute Gasteiger partial charge is 0.319 e. The molecule has 0 radical (unpaired) electrons. The molecule has 0 fully saturated rings. The van der Waals surface area contributed by atoms with Crippen LogP contribution in [-0.4, -0.2) is 9.59 Å². The molecule has 0 amide bonds. The molecule has 2 N–H and O–H groups in total. The summed E-state index contributed by atoms with van der Waals surface area (Å²) in [5.74, 6) is -3.96. The molecular weight excluding hydrogens is 275 g/mol. The van der Waals surface area contributed by atoms with Crippen molar-refractivity contribution in [2.75, 3.05) is 0 Å². The van der Waals surface area contributed by atoms with E-state index in [-0.39, 0.29) is 11.5 Å². The van der Waals surface area contributed by atoms with Crippen molar-refractivity contribution in [3.8, 4) is 0 Å². The highest BCUT2D eigenvalue weighted by Gasteiger charge is 2.24. The van der Waals surface area contributed by atoms with Gasteiger partial charge in [0.05, 0.1) is 16.6 Å². The maximum atomic E-state index is 13.7. The van der Waals surface area contributed by atoms with E-state index in [0.29, 0.717) is 10.6 Å². The predicted molar refractivity (Wildman–Crippen MR) is 66.3 cm³/mol. The lowest BCUT2D eigenvalue weighted by Crippen LogP contribution is -2.16. The van der Waals surface area contributed by atoms with Crippen LogP contribution in [-0.2, 0) is 0 Å². The molecule has 2 aromatic rings. The fourth-order valence-corrected chi connectivity index (χ4v) is 2.57. The van der Waals surface area contributed by atoms with Crippen LogP contribution in [0.5, 0.6) is 0 Å². The van der Waals surface area contributed by atoms with Crippen LogP contribution in [0.1, 0.15) is 41.9 Å². The summed E-state index contributed by atoms with van der Waals surface area (Å²) in [4.78, 5) is 0.555. The molecule has 1 heterocycles. The fourth-order valence-electron chi connectivity index (χ4n) is 1.74. The molecule has 1 unspecified atom stereocenters. The van der Waals surface area contributed by atoms with Gasteiger partial charge < -0.3 is 5.73 Å². The molecule has 102 valence electrons. The number of hydrogen-bond acceptors (Lipinski definition) is 4. The zero-order valence-electron chi connectivity index (χ0n) is 10.3. The monoisotopic (exact) mass is 287 g/mol. The summed E-state index contributed by atoms with van der Waals surface area (Å²) in [7, 11) is 0. The molecule has 1 atom stereocenters. The van der Waals surface area contributed by atoms with Gasteiger partial charge in [-0.1, -0.05) is 24.4 Å². The van der Waals surface area contributed by atoms with Gasteiger partial charge in [0, 0.05) is 5.56 Å². The van der Waals surface area contributed by atoms with Gasteiger partial charge in [-0.3, -0.25) is 0 Å². The molecule has 0 aliphatic carbocycles. The number of aromatic nitrogens is 2. The molecule has 1 aromatic carbocycles. The van der Waals surface area contributed by atoms with Crippen molar-refractivity contribution in [3.63, 3.8) is 0 Å². The van der Waals surface area contributed by atoms with Crippen LogP contribution in [0.25, 0.3) is 0 Å². The second kappa shape index (κ2) is 5.26. The van der Waals surface area contributed by atoms with Gasteiger partial charge in [-0.15, -0.1) is 5.10 Å². The van der Waals surface area contributed by atoms with E-state index >= 15 is 0 Å². The Morgan fingerprint density at radius 3 is 2.47 bits per heavy atom. The molecule has 2 rings (SSSR count). The van der Waals surface area contributed by atoms with Crippen LogP contribution >= 0.6 is 11.5 Å². The zero-order valence-corrected chi connectivity index (χ0v) is 11.1. The van der Waals surface area contributed by atoms with E-state index in [1.165, 1.54) is 0 Å². The third kappa shape index (κ3) is 2.48. The van der Waals surface area contributed by atoms with Gasteiger partial charge in [0.15, 0.2) is 17.5 Å². The van der Waals surface area contributed by atoms with Crippen molar-refractivity contribution < 1.29 is 13.2 Å². The average Bonchev–Trinajstić information content (AvgIpc) is 2.84. The summed E-state index contributed by atoms with van der Waals surface area (Å²) >= 11 is 1.03. The molecule has 3 nitrogen and oxygen atoms in total. The smallest absolute Gasteiger partial charge is 0.194 e. The Kier molecular flexibility index (Phi) is 3.86. The lowest BCUT2D eigenvalue weighted by Gasteiger charge is -2.14. The van der Waals surface area contributed by atoms with Crippen molar-refractivity contribution in [3.05, 3.63) is 45.7 Å². The molecule has 0 aliphatic heterocycles. The zero-order chi connectivity index (χ0) is 14.2. The van der Waals surface area contributed by atoms with Crippen molar-refractivity contribution in [1.82, 2.24) is 9.59 Å². The second-order valence-electron chi connectivity index (χ2n) is 4.42. The van der Waals surface area contributed by atoms with Gasteiger partial charge in [-0.05, 0) is 23.5 Å². The third-order valence-electron chi connectivity index (χ3n) is 2.77. The molecule has 0 spiro atoms. The average molecular weight is 287 g/mol. The summed E-state index contributed by atoms with van der Waals surface area (Å²) < 4.78 is 43.6. The normalized spacial score (nSPS) is 13.0. The van der Waals surface area contributed by atoms with Crippen molar-refractivity contribution in [2.45, 2.75) is 25.8 Å². The van der Waals surface area contributed by atoms with E-state index in [1.54, 1.807) is 0 Å².